The Bertz CT molecular complexity index is 614. The van der Waals surface area contributed by atoms with Crippen molar-refractivity contribution in [1.29, 1.82) is 0 Å². The first-order valence-corrected chi connectivity index (χ1v) is 11.4. The van der Waals surface area contributed by atoms with Crippen molar-refractivity contribution in [2.45, 2.75) is 110 Å². The summed E-state index contributed by atoms with van der Waals surface area (Å²) in [7, 11) is 0. The molecule has 30 heavy (non-hydrogen) atoms. The van der Waals surface area contributed by atoms with Crippen LogP contribution < -0.4 is 0 Å². The predicted octanol–water partition coefficient (Wildman–Crippen LogP) is 8.48. The summed E-state index contributed by atoms with van der Waals surface area (Å²) in [4.78, 5) is 12.2. The molecule has 172 valence electrons. The lowest BCUT2D eigenvalue weighted by Crippen LogP contribution is -2.18. The molecule has 6 heteroatoms. The minimum Gasteiger partial charge on any atom is -0.459 e. The molecule has 1 aromatic carbocycles. The lowest BCUT2D eigenvalue weighted by molar-refractivity contribution is -0.140. The van der Waals surface area contributed by atoms with Crippen LogP contribution in [-0.2, 0) is 10.9 Å². The van der Waals surface area contributed by atoms with E-state index in [9.17, 15) is 22.4 Å². The van der Waals surface area contributed by atoms with Crippen molar-refractivity contribution in [2.75, 3.05) is 0 Å². The largest absolute Gasteiger partial charge is 0.459 e. The molecule has 0 saturated carbocycles. The number of hydrogen-bond donors (Lipinski definition) is 0. The minimum absolute atomic E-state index is 0.277. The second kappa shape index (κ2) is 14.4. The molecular weight excluding hydrogens is 396 g/mol. The monoisotopic (exact) mass is 432 g/mol. The average molecular weight is 433 g/mol. The maximum absolute atomic E-state index is 13.4. The van der Waals surface area contributed by atoms with Gasteiger partial charge >= 0.3 is 12.1 Å². The van der Waals surface area contributed by atoms with Gasteiger partial charge in [0.05, 0.1) is 11.1 Å². The van der Waals surface area contributed by atoms with E-state index in [1.54, 1.807) is 0 Å². The van der Waals surface area contributed by atoms with E-state index in [2.05, 4.69) is 6.92 Å². The lowest BCUT2D eigenvalue weighted by atomic mass is 10.0. The first-order valence-electron chi connectivity index (χ1n) is 11.4. The van der Waals surface area contributed by atoms with Crippen LogP contribution in [0.5, 0.6) is 0 Å². The van der Waals surface area contributed by atoms with Crippen LogP contribution >= 0.6 is 0 Å². The fourth-order valence-corrected chi connectivity index (χ4v) is 3.47. The van der Waals surface area contributed by atoms with Gasteiger partial charge in [0.2, 0.25) is 0 Å². The Balaban J connectivity index is 2.29. The summed E-state index contributed by atoms with van der Waals surface area (Å²) in [6.45, 7) is 4.10. The van der Waals surface area contributed by atoms with E-state index in [0.29, 0.717) is 25.0 Å². The Morgan fingerprint density at radius 3 is 1.93 bits per heavy atom. The molecule has 0 fully saturated rings. The summed E-state index contributed by atoms with van der Waals surface area (Å²) in [5.74, 6) is -2.23. The Morgan fingerprint density at radius 2 is 1.43 bits per heavy atom. The molecule has 1 aromatic rings. The molecule has 0 spiro atoms. The molecule has 0 aliphatic heterocycles. The molecule has 0 radical (unpaired) electrons. The van der Waals surface area contributed by atoms with Crippen LogP contribution in [0.4, 0.5) is 17.6 Å². The number of rotatable bonds is 15. The number of halogens is 4. The van der Waals surface area contributed by atoms with Crippen molar-refractivity contribution < 1.29 is 27.1 Å². The zero-order valence-corrected chi connectivity index (χ0v) is 18.3. The normalized spacial score (nSPS) is 12.7. The Hall–Kier alpha value is -1.59. The first kappa shape index (κ1) is 26.4. The fraction of sp³-hybridized carbons (Fsp3) is 0.708. The smallest absolute Gasteiger partial charge is 0.419 e. The topological polar surface area (TPSA) is 26.3 Å². The van der Waals surface area contributed by atoms with Gasteiger partial charge < -0.3 is 4.74 Å². The summed E-state index contributed by atoms with van der Waals surface area (Å²) in [6, 6.07) is 2.21. The molecule has 1 atom stereocenters. The molecule has 0 N–H and O–H groups in total. The van der Waals surface area contributed by atoms with Crippen LogP contribution in [0.1, 0.15) is 113 Å². The van der Waals surface area contributed by atoms with E-state index < -0.39 is 23.5 Å². The van der Waals surface area contributed by atoms with Gasteiger partial charge in [-0.25, -0.2) is 9.18 Å². The Kier molecular flexibility index (Phi) is 12.7. The maximum atomic E-state index is 13.4. The molecule has 0 aliphatic rings. The summed E-state index contributed by atoms with van der Waals surface area (Å²) < 4.78 is 57.2. The summed E-state index contributed by atoms with van der Waals surface area (Å²) >= 11 is 0. The van der Waals surface area contributed by atoms with Gasteiger partial charge in [0.1, 0.15) is 11.9 Å². The van der Waals surface area contributed by atoms with E-state index >= 15 is 0 Å². The third-order valence-corrected chi connectivity index (χ3v) is 5.37. The van der Waals surface area contributed by atoms with Crippen LogP contribution in [0.25, 0.3) is 0 Å². The number of carbonyl (C=O) groups is 1. The van der Waals surface area contributed by atoms with Crippen molar-refractivity contribution in [3.05, 3.63) is 35.1 Å². The van der Waals surface area contributed by atoms with Crippen LogP contribution in [0.3, 0.4) is 0 Å². The minimum atomic E-state index is -4.85. The number of alkyl halides is 3. The molecule has 0 bridgehead atoms. The first-order chi connectivity index (χ1) is 14.3. The predicted molar refractivity (Wildman–Crippen MR) is 112 cm³/mol. The molecule has 1 rings (SSSR count). The summed E-state index contributed by atoms with van der Waals surface area (Å²) in [5.41, 5.74) is -1.73. The third kappa shape index (κ3) is 10.4. The highest BCUT2D eigenvalue weighted by atomic mass is 19.4. The molecule has 0 saturated heterocycles. The maximum Gasteiger partial charge on any atom is 0.419 e. The zero-order chi connectivity index (χ0) is 22.4. The molecule has 0 heterocycles. The van der Waals surface area contributed by atoms with Crippen molar-refractivity contribution >= 4 is 5.97 Å². The van der Waals surface area contributed by atoms with Gasteiger partial charge in [0.15, 0.2) is 0 Å². The highest BCUT2D eigenvalue weighted by Crippen LogP contribution is 2.32. The molecule has 0 aromatic heterocycles. The Morgan fingerprint density at radius 1 is 0.900 bits per heavy atom. The standard InChI is InChI=1S/C24H36F4O2/c1-3-5-6-7-8-9-10-11-12-13-14-15-20(4-2)30-23(29)19-16-17-22(25)21(18-19)24(26,27)28/h16-18,20H,3-15H2,1-2H3. The van der Waals surface area contributed by atoms with Gasteiger partial charge in [-0.2, -0.15) is 13.2 Å². The number of hydrogen-bond acceptors (Lipinski definition) is 2. The molecule has 0 amide bonds. The average Bonchev–Trinajstić information content (AvgIpc) is 2.70. The van der Waals surface area contributed by atoms with Gasteiger partial charge in [-0.3, -0.25) is 0 Å². The van der Waals surface area contributed by atoms with Crippen molar-refractivity contribution in [1.82, 2.24) is 0 Å². The molecular formula is C24H36F4O2. The SMILES string of the molecule is CCCCCCCCCCCCCC(CC)OC(=O)c1ccc(F)c(C(F)(F)F)c1. The van der Waals surface area contributed by atoms with E-state index in [-0.39, 0.29) is 11.7 Å². The third-order valence-electron chi connectivity index (χ3n) is 5.37. The van der Waals surface area contributed by atoms with Crippen molar-refractivity contribution in [2.24, 2.45) is 0 Å². The van der Waals surface area contributed by atoms with Crippen LogP contribution in [0.15, 0.2) is 18.2 Å². The van der Waals surface area contributed by atoms with Gasteiger partial charge in [-0.1, -0.05) is 78.1 Å². The molecule has 1 unspecified atom stereocenters. The number of esters is 1. The van der Waals surface area contributed by atoms with Gasteiger partial charge in [-0.15, -0.1) is 0 Å². The molecule has 2 nitrogen and oxygen atoms in total. The number of benzene rings is 1. The van der Waals surface area contributed by atoms with Crippen LogP contribution in [0.2, 0.25) is 0 Å². The van der Waals surface area contributed by atoms with E-state index in [1.165, 1.54) is 51.4 Å². The van der Waals surface area contributed by atoms with E-state index in [4.69, 9.17) is 4.74 Å². The second-order valence-corrected chi connectivity index (χ2v) is 7.95. The Labute approximate surface area is 178 Å². The number of ether oxygens (including phenoxy) is 1. The van der Waals surface area contributed by atoms with E-state index in [1.807, 2.05) is 6.92 Å². The summed E-state index contributed by atoms with van der Waals surface area (Å²) in [6.07, 6.45) is 9.54. The highest BCUT2D eigenvalue weighted by Gasteiger charge is 2.35. The zero-order valence-electron chi connectivity index (χ0n) is 18.3. The fourth-order valence-electron chi connectivity index (χ4n) is 3.47. The van der Waals surface area contributed by atoms with Gasteiger partial charge in [0, 0.05) is 0 Å². The number of unbranched alkanes of at least 4 members (excludes halogenated alkanes) is 10. The second-order valence-electron chi connectivity index (χ2n) is 7.95. The van der Waals surface area contributed by atoms with Gasteiger partial charge in [-0.05, 0) is 37.5 Å². The van der Waals surface area contributed by atoms with Crippen molar-refractivity contribution in [3.63, 3.8) is 0 Å². The number of carbonyl (C=O) groups excluding carboxylic acids is 1. The summed E-state index contributed by atoms with van der Waals surface area (Å²) in [5, 5.41) is 0. The van der Waals surface area contributed by atoms with Crippen LogP contribution in [-0.4, -0.2) is 12.1 Å². The lowest BCUT2D eigenvalue weighted by Gasteiger charge is -2.17. The van der Waals surface area contributed by atoms with Gasteiger partial charge in [0.25, 0.3) is 0 Å². The quantitative estimate of drug-likeness (QED) is 0.158. The van der Waals surface area contributed by atoms with Crippen LogP contribution in [0, 0.1) is 5.82 Å². The molecule has 0 aliphatic carbocycles. The highest BCUT2D eigenvalue weighted by molar-refractivity contribution is 5.89. The van der Waals surface area contributed by atoms with Crippen molar-refractivity contribution in [3.8, 4) is 0 Å². The van der Waals surface area contributed by atoms with E-state index in [0.717, 1.165) is 25.3 Å².